The topological polar surface area (TPSA) is 15.3 Å². The summed E-state index contributed by atoms with van der Waals surface area (Å²) in [5, 5.41) is 0. The summed E-state index contributed by atoms with van der Waals surface area (Å²) in [6.07, 6.45) is -2.69. The van der Waals surface area contributed by atoms with Crippen LogP contribution in [-0.4, -0.2) is 11.3 Å². The SMILES string of the molecule is C=CN(CC(C)(C)C)c1cc(-c2ccccc2C(F)(F)F)ccc1NSC(C)(C)C. The predicted molar refractivity (Wildman–Crippen MR) is 125 cm³/mol. The van der Waals surface area contributed by atoms with Gasteiger partial charge < -0.3 is 9.62 Å². The molecule has 30 heavy (non-hydrogen) atoms. The zero-order chi connectivity index (χ0) is 22.7. The average molecular weight is 437 g/mol. The predicted octanol–water partition coefficient (Wildman–Crippen LogP) is 8.23. The molecule has 0 fully saturated rings. The van der Waals surface area contributed by atoms with E-state index in [4.69, 9.17) is 0 Å². The van der Waals surface area contributed by atoms with E-state index in [1.54, 1.807) is 30.3 Å². The van der Waals surface area contributed by atoms with Crippen molar-refractivity contribution in [3.05, 3.63) is 60.8 Å². The maximum atomic E-state index is 13.6. The third kappa shape index (κ3) is 6.73. The molecule has 0 aliphatic heterocycles. The Balaban J connectivity index is 2.60. The molecule has 164 valence electrons. The van der Waals surface area contributed by atoms with Crippen molar-refractivity contribution in [1.29, 1.82) is 0 Å². The molecular weight excluding hydrogens is 405 g/mol. The van der Waals surface area contributed by atoms with Crippen molar-refractivity contribution in [2.75, 3.05) is 16.2 Å². The van der Waals surface area contributed by atoms with Crippen LogP contribution in [0, 0.1) is 5.41 Å². The van der Waals surface area contributed by atoms with Gasteiger partial charge in [-0.15, -0.1) is 0 Å². The summed E-state index contributed by atoms with van der Waals surface area (Å²) in [6, 6.07) is 11.1. The van der Waals surface area contributed by atoms with Gasteiger partial charge in [0.1, 0.15) is 0 Å². The molecule has 6 heteroatoms. The Labute approximate surface area is 182 Å². The third-order valence-corrected chi connectivity index (χ3v) is 5.12. The van der Waals surface area contributed by atoms with Gasteiger partial charge in [0, 0.05) is 11.3 Å². The first-order chi connectivity index (χ1) is 13.7. The Morgan fingerprint density at radius 1 is 1.00 bits per heavy atom. The van der Waals surface area contributed by atoms with Crippen LogP contribution in [0.4, 0.5) is 24.5 Å². The highest BCUT2D eigenvalue weighted by Gasteiger charge is 2.33. The van der Waals surface area contributed by atoms with Crippen LogP contribution in [0.25, 0.3) is 11.1 Å². The van der Waals surface area contributed by atoms with Gasteiger partial charge in [0.05, 0.1) is 16.9 Å². The Bertz CT molecular complexity index is 877. The highest BCUT2D eigenvalue weighted by molar-refractivity contribution is 8.01. The Kier molecular flexibility index (Phi) is 7.23. The first-order valence-electron chi connectivity index (χ1n) is 9.85. The maximum absolute atomic E-state index is 13.6. The van der Waals surface area contributed by atoms with Crippen molar-refractivity contribution in [2.24, 2.45) is 5.41 Å². The molecule has 0 heterocycles. The van der Waals surface area contributed by atoms with E-state index in [9.17, 15) is 13.2 Å². The number of benzene rings is 2. The molecule has 0 amide bonds. The van der Waals surface area contributed by atoms with Crippen LogP contribution in [0.2, 0.25) is 0 Å². The Morgan fingerprint density at radius 2 is 1.63 bits per heavy atom. The second-order valence-corrected chi connectivity index (χ2v) is 11.1. The summed E-state index contributed by atoms with van der Waals surface area (Å²) < 4.78 is 44.1. The summed E-state index contributed by atoms with van der Waals surface area (Å²) in [7, 11) is 0. The van der Waals surface area contributed by atoms with Crippen molar-refractivity contribution >= 4 is 23.3 Å². The van der Waals surface area contributed by atoms with Gasteiger partial charge in [-0.25, -0.2) is 0 Å². The summed E-state index contributed by atoms with van der Waals surface area (Å²) in [5.41, 5.74) is 1.66. The number of nitrogens with one attached hydrogen (secondary N) is 1. The van der Waals surface area contributed by atoms with Crippen LogP contribution >= 0.6 is 11.9 Å². The number of alkyl halides is 3. The average Bonchev–Trinajstić information content (AvgIpc) is 2.62. The number of nitrogens with zero attached hydrogens (tertiary/aromatic N) is 1. The van der Waals surface area contributed by atoms with Crippen LogP contribution in [0.5, 0.6) is 0 Å². The zero-order valence-electron chi connectivity index (χ0n) is 18.5. The van der Waals surface area contributed by atoms with E-state index in [1.807, 2.05) is 17.0 Å². The van der Waals surface area contributed by atoms with Crippen LogP contribution in [0.1, 0.15) is 47.1 Å². The molecule has 0 aromatic heterocycles. The minimum atomic E-state index is -4.42. The minimum absolute atomic E-state index is 0.0253. The van der Waals surface area contributed by atoms with Gasteiger partial charge >= 0.3 is 6.18 Å². The van der Waals surface area contributed by atoms with E-state index in [0.29, 0.717) is 12.1 Å². The van der Waals surface area contributed by atoms with Crippen molar-refractivity contribution in [2.45, 2.75) is 52.5 Å². The maximum Gasteiger partial charge on any atom is 0.417 e. The molecule has 0 aliphatic rings. The first-order valence-corrected chi connectivity index (χ1v) is 10.7. The zero-order valence-corrected chi connectivity index (χ0v) is 19.3. The van der Waals surface area contributed by atoms with Crippen molar-refractivity contribution < 1.29 is 13.2 Å². The van der Waals surface area contributed by atoms with E-state index in [1.165, 1.54) is 12.1 Å². The van der Waals surface area contributed by atoms with Gasteiger partial charge in [0.2, 0.25) is 0 Å². The highest BCUT2D eigenvalue weighted by atomic mass is 32.2. The molecule has 0 bridgehead atoms. The lowest BCUT2D eigenvalue weighted by Crippen LogP contribution is -2.28. The molecule has 0 unspecified atom stereocenters. The van der Waals surface area contributed by atoms with Crippen LogP contribution in [0.15, 0.2) is 55.2 Å². The van der Waals surface area contributed by atoms with E-state index in [2.05, 4.69) is 52.8 Å². The van der Waals surface area contributed by atoms with Gasteiger partial charge in [-0.3, -0.25) is 0 Å². The molecule has 0 spiro atoms. The molecule has 0 radical (unpaired) electrons. The smallest absolute Gasteiger partial charge is 0.346 e. The molecule has 2 nitrogen and oxygen atoms in total. The van der Waals surface area contributed by atoms with Crippen LogP contribution < -0.4 is 9.62 Å². The number of rotatable bonds is 6. The molecular formula is C24H31F3N2S. The molecule has 0 saturated heterocycles. The summed E-state index contributed by atoms with van der Waals surface area (Å²) in [6.45, 7) is 17.2. The molecule has 0 aliphatic carbocycles. The minimum Gasteiger partial charge on any atom is -0.346 e. The highest BCUT2D eigenvalue weighted by Crippen LogP contribution is 2.41. The molecule has 0 atom stereocenters. The summed E-state index contributed by atoms with van der Waals surface area (Å²) >= 11 is 1.56. The normalized spacial score (nSPS) is 12.6. The summed E-state index contributed by atoms with van der Waals surface area (Å²) in [4.78, 5) is 1.99. The van der Waals surface area contributed by atoms with Crippen molar-refractivity contribution in [3.63, 3.8) is 0 Å². The molecule has 2 rings (SSSR count). The van der Waals surface area contributed by atoms with Crippen LogP contribution in [-0.2, 0) is 6.18 Å². The van der Waals surface area contributed by atoms with Crippen molar-refractivity contribution in [1.82, 2.24) is 0 Å². The van der Waals surface area contributed by atoms with Crippen molar-refractivity contribution in [3.8, 4) is 11.1 Å². The monoisotopic (exact) mass is 436 g/mol. The number of halogens is 3. The van der Waals surface area contributed by atoms with Gasteiger partial charge in [-0.05, 0) is 73.7 Å². The van der Waals surface area contributed by atoms with Gasteiger partial charge in [0.15, 0.2) is 0 Å². The van der Waals surface area contributed by atoms with E-state index in [-0.39, 0.29) is 15.7 Å². The lowest BCUT2D eigenvalue weighted by Gasteiger charge is -2.31. The lowest BCUT2D eigenvalue weighted by molar-refractivity contribution is -0.137. The standard InChI is InChI=1S/C24H31F3N2S/c1-8-29(16-22(2,3)4)21-15-17(13-14-20(21)28-30-23(5,6)7)18-11-9-10-12-19(18)24(25,26)27/h8-15,28H,1,16H2,2-7H3. The fourth-order valence-electron chi connectivity index (χ4n) is 2.97. The Morgan fingerprint density at radius 3 is 2.17 bits per heavy atom. The number of hydrogen-bond donors (Lipinski definition) is 1. The lowest BCUT2D eigenvalue weighted by atomic mass is 9.95. The first kappa shape index (κ1) is 24.2. The second-order valence-electron chi connectivity index (χ2n) is 9.46. The van der Waals surface area contributed by atoms with E-state index < -0.39 is 11.7 Å². The summed E-state index contributed by atoms with van der Waals surface area (Å²) in [5.74, 6) is 0. The second kappa shape index (κ2) is 8.96. The van der Waals surface area contributed by atoms with E-state index in [0.717, 1.165) is 17.4 Å². The van der Waals surface area contributed by atoms with Gasteiger partial charge in [-0.2, -0.15) is 13.2 Å². The molecule has 1 N–H and O–H groups in total. The van der Waals surface area contributed by atoms with E-state index >= 15 is 0 Å². The van der Waals surface area contributed by atoms with Crippen LogP contribution in [0.3, 0.4) is 0 Å². The third-order valence-electron chi connectivity index (χ3n) is 4.18. The molecule has 2 aromatic rings. The molecule has 2 aromatic carbocycles. The number of hydrogen-bond acceptors (Lipinski definition) is 3. The van der Waals surface area contributed by atoms with Gasteiger partial charge in [0.25, 0.3) is 0 Å². The molecule has 0 saturated carbocycles. The largest absolute Gasteiger partial charge is 0.417 e. The fraction of sp³-hybridized carbons (Fsp3) is 0.417. The Hall–Kier alpha value is -2.08. The fourth-order valence-corrected chi connectivity index (χ4v) is 3.56. The van der Waals surface area contributed by atoms with Gasteiger partial charge in [-0.1, -0.05) is 51.6 Å². The quantitative estimate of drug-likeness (QED) is 0.459. The number of anilines is 2.